The van der Waals surface area contributed by atoms with Crippen molar-refractivity contribution in [2.75, 3.05) is 0 Å². The van der Waals surface area contributed by atoms with E-state index in [1.165, 1.54) is 51.8 Å². The van der Waals surface area contributed by atoms with Crippen LogP contribution in [0.15, 0.2) is 42.0 Å². The second-order valence-corrected chi connectivity index (χ2v) is 17.6. The van der Waals surface area contributed by atoms with Crippen LogP contribution in [0.3, 0.4) is 0 Å². The summed E-state index contributed by atoms with van der Waals surface area (Å²) in [4.78, 5) is 0. The van der Waals surface area contributed by atoms with Gasteiger partial charge in [0, 0.05) is 0 Å². The number of allylic oxidation sites excluding steroid dienone is 1. The van der Waals surface area contributed by atoms with E-state index in [0.717, 1.165) is 12.8 Å². The molecule has 0 fully saturated rings. The van der Waals surface area contributed by atoms with Crippen LogP contribution < -0.4 is 0 Å². The monoisotopic (exact) mass is 491 g/mol. The first kappa shape index (κ1) is 22.3. The quantitative estimate of drug-likeness (QED) is 0.377. The molecule has 0 aromatic heterocycles. The van der Waals surface area contributed by atoms with Gasteiger partial charge in [0.05, 0.1) is 0 Å². The van der Waals surface area contributed by atoms with Gasteiger partial charge in [0.2, 0.25) is 0 Å². The predicted octanol–water partition coefficient (Wildman–Crippen LogP) is 8.77. The summed E-state index contributed by atoms with van der Waals surface area (Å²) in [6, 6.07) is 13.5. The number of halogens is 2. The topological polar surface area (TPSA) is 0 Å². The molecule has 3 heteroatoms. The molecule has 1 atom stereocenters. The minimum atomic E-state index is -2.48. The second kappa shape index (κ2) is 9.20. The number of rotatable bonds is 6. The van der Waals surface area contributed by atoms with E-state index >= 15 is 0 Å². The number of hydrogen-bond acceptors (Lipinski definition) is 0. The Labute approximate surface area is 186 Å². The summed E-state index contributed by atoms with van der Waals surface area (Å²) in [7, 11) is 13.4. The summed E-state index contributed by atoms with van der Waals surface area (Å²) < 4.78 is 0.300. The Morgan fingerprint density at radius 2 is 1.71 bits per heavy atom. The van der Waals surface area contributed by atoms with Gasteiger partial charge in [-0.25, -0.2) is 0 Å². The third-order valence-electron chi connectivity index (χ3n) is 5.80. The Morgan fingerprint density at radius 1 is 1.00 bits per heavy atom. The van der Waals surface area contributed by atoms with E-state index in [2.05, 4.69) is 77.1 Å². The van der Waals surface area contributed by atoms with Gasteiger partial charge in [-0.2, -0.15) is 0 Å². The molecule has 0 heterocycles. The molecule has 2 aromatic carbocycles. The van der Waals surface area contributed by atoms with E-state index in [-0.39, 0.29) is 5.41 Å². The fourth-order valence-corrected chi connectivity index (χ4v) is 9.85. The molecule has 0 N–H and O–H groups in total. The molecule has 3 rings (SSSR count). The number of benzene rings is 2. The summed E-state index contributed by atoms with van der Waals surface area (Å²) in [6.45, 7) is 11.4. The molecule has 0 radical (unpaired) electrons. The predicted molar refractivity (Wildman–Crippen MR) is 122 cm³/mol. The van der Waals surface area contributed by atoms with Crippen LogP contribution in [0.5, 0.6) is 0 Å². The van der Waals surface area contributed by atoms with Crippen LogP contribution in [0.1, 0.15) is 79.8 Å². The fourth-order valence-electron chi connectivity index (χ4n) is 4.35. The van der Waals surface area contributed by atoms with Gasteiger partial charge in [0.15, 0.2) is 0 Å². The Bertz CT molecular complexity index is 875. The molecule has 1 unspecified atom stereocenters. The fraction of sp³-hybridized carbons (Fsp3) is 0.440. The molecule has 0 saturated carbocycles. The first-order valence-electron chi connectivity index (χ1n) is 10.4. The van der Waals surface area contributed by atoms with Crippen LogP contribution in [0.4, 0.5) is 0 Å². The zero-order chi connectivity index (χ0) is 20.5. The zero-order valence-electron chi connectivity index (χ0n) is 17.7. The molecule has 0 saturated heterocycles. The van der Waals surface area contributed by atoms with Gasteiger partial charge in [-0.15, -0.1) is 0 Å². The van der Waals surface area contributed by atoms with Crippen LogP contribution >= 0.6 is 17.0 Å². The molecule has 2 aromatic rings. The maximum absolute atomic E-state index is 6.69. The van der Waals surface area contributed by atoms with Crippen LogP contribution in [0.2, 0.25) is 0 Å². The van der Waals surface area contributed by atoms with Gasteiger partial charge in [-0.1, -0.05) is 0 Å². The number of aryl methyl sites for hydroxylation is 1. The normalized spacial score (nSPS) is 16.1. The number of fused-ring (bicyclic) bond motifs is 1. The van der Waals surface area contributed by atoms with E-state index in [4.69, 9.17) is 17.0 Å². The summed E-state index contributed by atoms with van der Waals surface area (Å²) in [5.74, 6) is 0. The molecule has 149 valence electrons. The summed E-state index contributed by atoms with van der Waals surface area (Å²) >= 11 is -2.48. The second-order valence-electron chi connectivity index (χ2n) is 8.80. The first-order chi connectivity index (χ1) is 13.3. The average Bonchev–Trinajstić information content (AvgIpc) is 3.03. The van der Waals surface area contributed by atoms with E-state index in [9.17, 15) is 0 Å². The number of hydrogen-bond donors (Lipinski definition) is 0. The maximum atomic E-state index is 6.69. The molecular weight excluding hydrogens is 462 g/mol. The van der Waals surface area contributed by atoms with Crippen LogP contribution in [-0.4, -0.2) is 0 Å². The van der Waals surface area contributed by atoms with Gasteiger partial charge in [0.1, 0.15) is 0 Å². The molecule has 1 aliphatic rings. The molecule has 0 spiro atoms. The van der Waals surface area contributed by atoms with Crippen LogP contribution in [-0.2, 0) is 31.2 Å². The molecule has 1 aliphatic carbocycles. The standard InChI is InChI=1S/C25H31.2ClH.Zr/c1-6-8-11-18-16-20-14-15-23(25(3,4)5)24(22(20)17-18)21-13-10-9-12-19(21)7-2;;;/h9-10,12-17H,6-8,11H2,1-5H3;2*1H;/q;;;+2/p-2. The van der Waals surface area contributed by atoms with Crippen molar-refractivity contribution >= 4 is 23.1 Å². The van der Waals surface area contributed by atoms with Gasteiger partial charge >= 0.3 is 187 Å². The van der Waals surface area contributed by atoms with E-state index < -0.39 is 19.4 Å². The Hall–Kier alpha value is -0.357. The summed E-state index contributed by atoms with van der Waals surface area (Å²) in [6.07, 6.45) is 6.98. The van der Waals surface area contributed by atoms with E-state index in [0.29, 0.717) is 3.63 Å². The first-order valence-corrected chi connectivity index (χ1v) is 18.2. The minimum absolute atomic E-state index is 0.0736. The zero-order valence-corrected chi connectivity index (χ0v) is 21.7. The third-order valence-corrected chi connectivity index (χ3v) is 11.1. The number of unbranched alkanes of at least 4 members (excludes halogenated alkanes) is 1. The molecule has 0 bridgehead atoms. The van der Waals surface area contributed by atoms with Gasteiger partial charge in [-0.05, 0) is 0 Å². The van der Waals surface area contributed by atoms with Crippen molar-refractivity contribution in [1.29, 1.82) is 0 Å². The summed E-state index contributed by atoms with van der Waals surface area (Å²) in [5, 5.41) is 0. The van der Waals surface area contributed by atoms with Crippen LogP contribution in [0, 0.1) is 0 Å². The van der Waals surface area contributed by atoms with Crippen molar-refractivity contribution in [2.24, 2.45) is 0 Å². The Morgan fingerprint density at radius 3 is 2.32 bits per heavy atom. The summed E-state index contributed by atoms with van der Waals surface area (Å²) in [5.41, 5.74) is 9.88. The van der Waals surface area contributed by atoms with Crippen molar-refractivity contribution in [3.8, 4) is 11.1 Å². The van der Waals surface area contributed by atoms with Crippen molar-refractivity contribution in [3.63, 3.8) is 0 Å². The van der Waals surface area contributed by atoms with Gasteiger partial charge < -0.3 is 0 Å². The average molecular weight is 494 g/mol. The Balaban J connectivity index is 2.31. The van der Waals surface area contributed by atoms with Crippen molar-refractivity contribution in [3.05, 3.63) is 64.2 Å². The molecule has 0 nitrogen and oxygen atoms in total. The van der Waals surface area contributed by atoms with E-state index in [1.54, 1.807) is 0 Å². The van der Waals surface area contributed by atoms with Gasteiger partial charge in [0.25, 0.3) is 0 Å². The van der Waals surface area contributed by atoms with E-state index in [1.807, 2.05) is 0 Å². The van der Waals surface area contributed by atoms with Crippen molar-refractivity contribution in [1.82, 2.24) is 0 Å². The van der Waals surface area contributed by atoms with Gasteiger partial charge in [-0.3, -0.25) is 0 Å². The van der Waals surface area contributed by atoms with Crippen molar-refractivity contribution in [2.45, 2.75) is 69.3 Å². The van der Waals surface area contributed by atoms with Crippen LogP contribution in [0.25, 0.3) is 17.2 Å². The SMILES string of the molecule is CCCCC1=Cc2c(ccc(C(C)(C)C)c2-c2ccccc2CC)[CH]1[Zr]([Cl])[Cl]. The molecular formula is C25H31Cl2Zr. The molecule has 0 aliphatic heterocycles. The van der Waals surface area contributed by atoms with Crippen molar-refractivity contribution < 1.29 is 19.4 Å². The Kier molecular flexibility index (Phi) is 7.34. The third kappa shape index (κ3) is 4.38. The molecule has 0 amide bonds. The molecule has 28 heavy (non-hydrogen) atoms.